The Labute approximate surface area is 87.3 Å². The topological polar surface area (TPSA) is 77.8 Å². The van der Waals surface area contributed by atoms with Crippen LogP contribution in [0.2, 0.25) is 0 Å². The van der Waals surface area contributed by atoms with Gasteiger partial charge in [-0.1, -0.05) is 0 Å². The molecule has 0 aliphatic carbocycles. The molecule has 0 aromatic carbocycles. The number of nitrogens with two attached hydrogens (primary N) is 1. The number of hydrogen-bond acceptors (Lipinski definition) is 5. The molecule has 15 heavy (non-hydrogen) atoms. The molecule has 0 bridgehead atoms. The normalized spacial score (nSPS) is 10.6. The molecule has 2 rings (SSSR count). The maximum atomic E-state index is 5.39. The minimum absolute atomic E-state index is 0.255. The molecule has 2 N–H and O–H groups in total. The van der Waals surface area contributed by atoms with Crippen LogP contribution in [0, 0.1) is 13.8 Å². The zero-order valence-electron chi connectivity index (χ0n) is 8.69. The molecule has 0 atom stereocenters. The molecule has 2 heterocycles. The lowest BCUT2D eigenvalue weighted by Crippen LogP contribution is -1.95. The van der Waals surface area contributed by atoms with E-state index in [0.717, 1.165) is 17.0 Å². The molecular weight excluding hydrogens is 192 g/mol. The summed E-state index contributed by atoms with van der Waals surface area (Å²) in [6.45, 7) is 4.11. The van der Waals surface area contributed by atoms with Crippen molar-refractivity contribution < 1.29 is 4.42 Å². The fourth-order valence-electron chi connectivity index (χ4n) is 1.36. The average molecular weight is 204 g/mol. The van der Waals surface area contributed by atoms with E-state index in [1.54, 1.807) is 0 Å². The van der Waals surface area contributed by atoms with Crippen LogP contribution in [-0.4, -0.2) is 15.2 Å². The van der Waals surface area contributed by atoms with Crippen LogP contribution >= 0.6 is 0 Å². The van der Waals surface area contributed by atoms with Gasteiger partial charge < -0.3 is 10.2 Å². The molecule has 0 amide bonds. The number of hydrogen-bond donors (Lipinski definition) is 1. The van der Waals surface area contributed by atoms with Gasteiger partial charge in [0.1, 0.15) is 0 Å². The Bertz CT molecular complexity index is 478. The van der Waals surface area contributed by atoms with E-state index < -0.39 is 0 Å². The lowest BCUT2D eigenvalue weighted by atomic mass is 10.2. The molecule has 0 unspecified atom stereocenters. The van der Waals surface area contributed by atoms with Gasteiger partial charge in [0.25, 0.3) is 0 Å². The van der Waals surface area contributed by atoms with E-state index in [1.807, 2.05) is 26.0 Å². The Kier molecular flexibility index (Phi) is 2.47. The van der Waals surface area contributed by atoms with Crippen molar-refractivity contribution in [3.05, 3.63) is 29.4 Å². The lowest BCUT2D eigenvalue weighted by molar-refractivity contribution is 0.508. The van der Waals surface area contributed by atoms with Crippen LogP contribution in [0.15, 0.2) is 16.5 Å². The van der Waals surface area contributed by atoms with Crippen LogP contribution < -0.4 is 5.73 Å². The number of nitrogens with zero attached hydrogens (tertiary/aromatic N) is 3. The molecule has 0 aliphatic rings. The monoisotopic (exact) mass is 204 g/mol. The second-order valence-electron chi connectivity index (χ2n) is 3.29. The first-order valence-corrected chi connectivity index (χ1v) is 4.68. The van der Waals surface area contributed by atoms with Gasteiger partial charge in [-0.3, -0.25) is 4.98 Å². The van der Waals surface area contributed by atoms with Gasteiger partial charge >= 0.3 is 0 Å². The zero-order chi connectivity index (χ0) is 10.8. The van der Waals surface area contributed by atoms with Gasteiger partial charge in [-0.2, -0.15) is 0 Å². The molecular formula is C10H12N4O. The molecule has 5 heteroatoms. The standard InChI is InChI=1S/C10H12N4O/c1-6-3-4-8(7(2)12-6)10-14-13-9(5-11)15-10/h3-4H,5,11H2,1-2H3. The molecule has 0 saturated heterocycles. The van der Waals surface area contributed by atoms with E-state index in [-0.39, 0.29) is 6.54 Å². The summed E-state index contributed by atoms with van der Waals surface area (Å²) in [5, 5.41) is 7.72. The van der Waals surface area contributed by atoms with Crippen LogP contribution in [-0.2, 0) is 6.54 Å². The van der Waals surface area contributed by atoms with Crippen LogP contribution in [0.4, 0.5) is 0 Å². The van der Waals surface area contributed by atoms with Crippen molar-refractivity contribution in [1.82, 2.24) is 15.2 Å². The van der Waals surface area contributed by atoms with Gasteiger partial charge in [0.05, 0.1) is 17.8 Å². The predicted molar refractivity (Wildman–Crippen MR) is 54.9 cm³/mol. The number of aromatic nitrogens is 3. The first kappa shape index (κ1) is 9.79. The Hall–Kier alpha value is -1.75. The fraction of sp³-hybridized carbons (Fsp3) is 0.300. The van der Waals surface area contributed by atoms with Crippen molar-refractivity contribution in [2.24, 2.45) is 5.73 Å². The third-order valence-electron chi connectivity index (χ3n) is 2.10. The summed E-state index contributed by atoms with van der Waals surface area (Å²) in [5.74, 6) is 0.908. The molecule has 5 nitrogen and oxygen atoms in total. The second-order valence-corrected chi connectivity index (χ2v) is 3.29. The molecule has 0 spiro atoms. The quantitative estimate of drug-likeness (QED) is 0.795. The third-order valence-corrected chi connectivity index (χ3v) is 2.10. The highest BCUT2D eigenvalue weighted by Gasteiger charge is 2.10. The number of rotatable bonds is 2. The summed E-state index contributed by atoms with van der Waals surface area (Å²) in [6, 6.07) is 3.83. The highest BCUT2D eigenvalue weighted by atomic mass is 16.4. The van der Waals surface area contributed by atoms with E-state index in [2.05, 4.69) is 15.2 Å². The van der Waals surface area contributed by atoms with Crippen molar-refractivity contribution in [2.75, 3.05) is 0 Å². The van der Waals surface area contributed by atoms with Gasteiger partial charge in [-0.05, 0) is 26.0 Å². The SMILES string of the molecule is Cc1ccc(-c2nnc(CN)o2)c(C)n1. The first-order chi connectivity index (χ1) is 7.20. The molecule has 0 radical (unpaired) electrons. The van der Waals surface area contributed by atoms with E-state index in [1.165, 1.54) is 0 Å². The van der Waals surface area contributed by atoms with E-state index >= 15 is 0 Å². The maximum Gasteiger partial charge on any atom is 0.249 e. The van der Waals surface area contributed by atoms with Crippen molar-refractivity contribution in [1.29, 1.82) is 0 Å². The van der Waals surface area contributed by atoms with Gasteiger partial charge in [0, 0.05) is 5.69 Å². The average Bonchev–Trinajstić information content (AvgIpc) is 2.66. The van der Waals surface area contributed by atoms with Crippen molar-refractivity contribution in [3.63, 3.8) is 0 Å². The van der Waals surface area contributed by atoms with Crippen LogP contribution in [0.5, 0.6) is 0 Å². The summed E-state index contributed by atoms with van der Waals surface area (Å²) in [7, 11) is 0. The second kappa shape index (κ2) is 3.78. The van der Waals surface area contributed by atoms with Crippen LogP contribution in [0.25, 0.3) is 11.5 Å². The Morgan fingerprint density at radius 3 is 2.67 bits per heavy atom. The number of pyridine rings is 1. The van der Waals surface area contributed by atoms with Crippen LogP contribution in [0.1, 0.15) is 17.3 Å². The summed E-state index contributed by atoms with van der Waals surface area (Å²) in [6.07, 6.45) is 0. The summed E-state index contributed by atoms with van der Waals surface area (Å²) < 4.78 is 5.35. The van der Waals surface area contributed by atoms with Gasteiger partial charge in [0.15, 0.2) is 0 Å². The van der Waals surface area contributed by atoms with Gasteiger partial charge in [-0.15, -0.1) is 10.2 Å². The van der Waals surface area contributed by atoms with E-state index in [9.17, 15) is 0 Å². The van der Waals surface area contributed by atoms with Crippen molar-refractivity contribution in [3.8, 4) is 11.5 Å². The largest absolute Gasteiger partial charge is 0.419 e. The van der Waals surface area contributed by atoms with E-state index in [0.29, 0.717) is 11.8 Å². The summed E-state index contributed by atoms with van der Waals surface area (Å²) in [5.41, 5.74) is 8.09. The molecule has 0 saturated carbocycles. The predicted octanol–water partition coefficient (Wildman–Crippen LogP) is 1.21. The third kappa shape index (κ3) is 1.87. The first-order valence-electron chi connectivity index (χ1n) is 4.68. The fourth-order valence-corrected chi connectivity index (χ4v) is 1.36. The lowest BCUT2D eigenvalue weighted by Gasteiger charge is -2.00. The van der Waals surface area contributed by atoms with Gasteiger partial charge in [-0.25, -0.2) is 0 Å². The van der Waals surface area contributed by atoms with Gasteiger partial charge in [0.2, 0.25) is 11.8 Å². The molecule has 0 fully saturated rings. The van der Waals surface area contributed by atoms with Crippen LogP contribution in [0.3, 0.4) is 0 Å². The Balaban J connectivity index is 2.44. The minimum Gasteiger partial charge on any atom is -0.419 e. The maximum absolute atomic E-state index is 5.39. The summed E-state index contributed by atoms with van der Waals surface area (Å²) in [4.78, 5) is 4.33. The smallest absolute Gasteiger partial charge is 0.249 e. The molecule has 0 aliphatic heterocycles. The Morgan fingerprint density at radius 1 is 1.27 bits per heavy atom. The minimum atomic E-state index is 0.255. The molecule has 78 valence electrons. The zero-order valence-corrected chi connectivity index (χ0v) is 8.69. The molecule has 2 aromatic heterocycles. The highest BCUT2D eigenvalue weighted by Crippen LogP contribution is 2.20. The van der Waals surface area contributed by atoms with Crippen molar-refractivity contribution >= 4 is 0 Å². The Morgan fingerprint density at radius 2 is 2.07 bits per heavy atom. The van der Waals surface area contributed by atoms with Crippen molar-refractivity contribution in [2.45, 2.75) is 20.4 Å². The number of aryl methyl sites for hydroxylation is 2. The van der Waals surface area contributed by atoms with E-state index in [4.69, 9.17) is 10.2 Å². The summed E-state index contributed by atoms with van der Waals surface area (Å²) >= 11 is 0. The highest BCUT2D eigenvalue weighted by molar-refractivity contribution is 5.55. The molecule has 2 aromatic rings.